The lowest BCUT2D eigenvalue weighted by molar-refractivity contribution is 0.232. The first kappa shape index (κ1) is 13.8. The minimum atomic E-state index is 0.251. The second-order valence-corrected chi connectivity index (χ2v) is 5.17. The van der Waals surface area contributed by atoms with Crippen LogP contribution in [0.4, 0.5) is 5.82 Å². The molecule has 100 valence electrons. The summed E-state index contributed by atoms with van der Waals surface area (Å²) in [4.78, 5) is 12.8. The van der Waals surface area contributed by atoms with Gasteiger partial charge in [0.15, 0.2) is 5.82 Å². The summed E-state index contributed by atoms with van der Waals surface area (Å²) in [6.45, 7) is 8.46. The maximum Gasteiger partial charge on any atom is 0.224 e. The van der Waals surface area contributed by atoms with E-state index in [0.29, 0.717) is 11.1 Å². The fourth-order valence-electron chi connectivity index (χ4n) is 2.53. The van der Waals surface area contributed by atoms with Crippen LogP contribution in [0, 0.1) is 0 Å². The second kappa shape index (κ2) is 6.04. The summed E-state index contributed by atoms with van der Waals surface area (Å²) < 4.78 is 0. The Morgan fingerprint density at radius 1 is 1.39 bits per heavy atom. The summed E-state index contributed by atoms with van der Waals surface area (Å²) in [5, 5.41) is 0.820. The highest BCUT2D eigenvalue weighted by Crippen LogP contribution is 2.28. The predicted molar refractivity (Wildman–Crippen MR) is 75.6 cm³/mol. The Bertz CT molecular complexity index is 409. The number of hydrogen-bond acceptors (Lipinski definition) is 4. The Morgan fingerprint density at radius 3 is 2.78 bits per heavy atom. The minimum Gasteiger partial charge on any atom is -0.354 e. The Morgan fingerprint density at radius 2 is 2.11 bits per heavy atom. The second-order valence-electron chi connectivity index (χ2n) is 4.42. The van der Waals surface area contributed by atoms with Gasteiger partial charge in [0.1, 0.15) is 5.02 Å². The van der Waals surface area contributed by atoms with Gasteiger partial charge < -0.3 is 4.90 Å². The molecule has 0 bridgehead atoms. The first-order valence-corrected chi connectivity index (χ1v) is 7.08. The summed E-state index contributed by atoms with van der Waals surface area (Å²) in [6, 6.07) is 0.574. The van der Waals surface area contributed by atoms with Gasteiger partial charge in [0.2, 0.25) is 5.28 Å². The summed E-state index contributed by atoms with van der Waals surface area (Å²) in [6.07, 6.45) is 2.70. The maximum atomic E-state index is 6.13. The van der Waals surface area contributed by atoms with Gasteiger partial charge in [-0.05, 0) is 31.1 Å². The van der Waals surface area contributed by atoms with Crippen LogP contribution in [0.5, 0.6) is 0 Å². The van der Waals surface area contributed by atoms with E-state index < -0.39 is 0 Å². The maximum absolute atomic E-state index is 6.13. The monoisotopic (exact) mass is 288 g/mol. The lowest BCUT2D eigenvalue weighted by atomic mass is 10.2. The van der Waals surface area contributed by atoms with E-state index in [2.05, 4.69) is 33.6 Å². The molecule has 0 saturated carbocycles. The van der Waals surface area contributed by atoms with Gasteiger partial charge in [-0.15, -0.1) is 0 Å². The molecule has 1 aliphatic rings. The Balaban J connectivity index is 2.10. The molecule has 18 heavy (non-hydrogen) atoms. The van der Waals surface area contributed by atoms with E-state index in [0.717, 1.165) is 38.4 Å². The van der Waals surface area contributed by atoms with Crippen LogP contribution in [0.15, 0.2) is 6.20 Å². The van der Waals surface area contributed by atoms with Crippen molar-refractivity contribution in [1.82, 2.24) is 14.9 Å². The van der Waals surface area contributed by atoms with Crippen molar-refractivity contribution in [2.75, 3.05) is 31.1 Å². The Hall–Kier alpha value is -0.580. The molecule has 0 N–H and O–H groups in total. The Labute approximate surface area is 118 Å². The van der Waals surface area contributed by atoms with Gasteiger partial charge in [-0.2, -0.15) is 4.98 Å². The average Bonchev–Trinajstić information content (AvgIpc) is 2.83. The third-order valence-electron chi connectivity index (χ3n) is 3.49. The Kier molecular flexibility index (Phi) is 4.65. The molecule has 0 aromatic carbocycles. The zero-order valence-corrected chi connectivity index (χ0v) is 12.2. The van der Waals surface area contributed by atoms with Crippen LogP contribution in [0.1, 0.15) is 20.3 Å². The lowest BCUT2D eigenvalue weighted by Gasteiger charge is -2.26. The number of rotatable bonds is 4. The standard InChI is InChI=1S/C12H18Cl2N4/c1-3-17(4-2)9-5-6-18(8-9)11-10(13)7-15-12(14)16-11/h7,9H,3-6,8H2,1-2H3. The van der Waals surface area contributed by atoms with Crippen molar-refractivity contribution < 1.29 is 0 Å². The molecular weight excluding hydrogens is 271 g/mol. The van der Waals surface area contributed by atoms with Crippen LogP contribution in [-0.4, -0.2) is 47.1 Å². The van der Waals surface area contributed by atoms with Gasteiger partial charge in [-0.3, -0.25) is 4.90 Å². The molecular formula is C12H18Cl2N4. The largest absolute Gasteiger partial charge is 0.354 e. The molecule has 2 heterocycles. The van der Waals surface area contributed by atoms with Gasteiger partial charge in [-0.25, -0.2) is 4.98 Å². The highest BCUT2D eigenvalue weighted by Gasteiger charge is 2.28. The third-order valence-corrected chi connectivity index (χ3v) is 3.94. The van der Waals surface area contributed by atoms with E-state index in [-0.39, 0.29) is 5.28 Å². The van der Waals surface area contributed by atoms with Crippen LogP contribution >= 0.6 is 23.2 Å². The van der Waals surface area contributed by atoms with E-state index in [1.807, 2.05) is 0 Å². The molecule has 6 heteroatoms. The summed E-state index contributed by atoms with van der Waals surface area (Å²) in [5.74, 6) is 0.756. The van der Waals surface area contributed by atoms with Crippen molar-refractivity contribution in [3.05, 3.63) is 16.5 Å². The topological polar surface area (TPSA) is 32.3 Å². The van der Waals surface area contributed by atoms with E-state index in [9.17, 15) is 0 Å². The molecule has 1 aromatic rings. The fourth-order valence-corrected chi connectivity index (χ4v) is 2.87. The predicted octanol–water partition coefficient (Wildman–Crippen LogP) is 2.70. The number of nitrogens with zero attached hydrogens (tertiary/aromatic N) is 4. The van der Waals surface area contributed by atoms with Gasteiger partial charge in [0, 0.05) is 19.1 Å². The van der Waals surface area contributed by atoms with Crippen molar-refractivity contribution in [2.45, 2.75) is 26.3 Å². The molecule has 1 aromatic heterocycles. The molecule has 1 atom stereocenters. The van der Waals surface area contributed by atoms with Crippen molar-refractivity contribution >= 4 is 29.0 Å². The normalized spacial score (nSPS) is 19.8. The molecule has 1 unspecified atom stereocenters. The van der Waals surface area contributed by atoms with Crippen LogP contribution in [0.2, 0.25) is 10.3 Å². The van der Waals surface area contributed by atoms with Crippen LogP contribution < -0.4 is 4.90 Å². The molecule has 1 aliphatic heterocycles. The van der Waals surface area contributed by atoms with Gasteiger partial charge in [0.05, 0.1) is 6.20 Å². The van der Waals surface area contributed by atoms with Crippen LogP contribution in [-0.2, 0) is 0 Å². The number of aromatic nitrogens is 2. The number of halogens is 2. The molecule has 2 rings (SSSR count). The highest BCUT2D eigenvalue weighted by atomic mass is 35.5. The van der Waals surface area contributed by atoms with Gasteiger partial charge in [0.25, 0.3) is 0 Å². The van der Waals surface area contributed by atoms with Crippen molar-refractivity contribution in [1.29, 1.82) is 0 Å². The number of hydrogen-bond donors (Lipinski definition) is 0. The lowest BCUT2D eigenvalue weighted by Crippen LogP contribution is -2.37. The molecule has 0 spiro atoms. The van der Waals surface area contributed by atoms with E-state index in [4.69, 9.17) is 23.2 Å². The third kappa shape index (κ3) is 2.87. The quantitative estimate of drug-likeness (QED) is 0.798. The van der Waals surface area contributed by atoms with E-state index in [1.165, 1.54) is 0 Å². The molecule has 0 radical (unpaired) electrons. The number of likely N-dealkylation sites (N-methyl/N-ethyl adjacent to an activating group) is 1. The zero-order chi connectivity index (χ0) is 13.1. The van der Waals surface area contributed by atoms with Crippen molar-refractivity contribution in [2.24, 2.45) is 0 Å². The van der Waals surface area contributed by atoms with E-state index >= 15 is 0 Å². The van der Waals surface area contributed by atoms with Crippen molar-refractivity contribution in [3.63, 3.8) is 0 Å². The van der Waals surface area contributed by atoms with Crippen LogP contribution in [0.3, 0.4) is 0 Å². The van der Waals surface area contributed by atoms with Crippen molar-refractivity contribution in [3.8, 4) is 0 Å². The molecule has 4 nitrogen and oxygen atoms in total. The molecule has 1 saturated heterocycles. The van der Waals surface area contributed by atoms with Gasteiger partial charge >= 0.3 is 0 Å². The van der Waals surface area contributed by atoms with Gasteiger partial charge in [-0.1, -0.05) is 25.4 Å². The molecule has 1 fully saturated rings. The summed E-state index contributed by atoms with van der Waals surface area (Å²) in [7, 11) is 0. The summed E-state index contributed by atoms with van der Waals surface area (Å²) >= 11 is 12.0. The first-order valence-electron chi connectivity index (χ1n) is 6.32. The first-order chi connectivity index (χ1) is 8.65. The molecule has 0 aliphatic carbocycles. The number of anilines is 1. The molecule has 0 amide bonds. The smallest absolute Gasteiger partial charge is 0.224 e. The average molecular weight is 289 g/mol. The highest BCUT2D eigenvalue weighted by molar-refractivity contribution is 6.33. The van der Waals surface area contributed by atoms with Crippen LogP contribution in [0.25, 0.3) is 0 Å². The SMILES string of the molecule is CCN(CC)C1CCN(c2nc(Cl)ncc2Cl)C1. The zero-order valence-electron chi connectivity index (χ0n) is 10.7. The van der Waals surface area contributed by atoms with E-state index in [1.54, 1.807) is 6.20 Å². The minimum absolute atomic E-state index is 0.251. The summed E-state index contributed by atoms with van der Waals surface area (Å²) in [5.41, 5.74) is 0. The fraction of sp³-hybridized carbons (Fsp3) is 0.667.